The molecule has 0 bridgehead atoms. The quantitative estimate of drug-likeness (QED) is 0.596. The van der Waals surface area contributed by atoms with E-state index in [9.17, 15) is 14.4 Å². The number of ether oxygens (including phenoxy) is 1. The third-order valence-electron chi connectivity index (χ3n) is 3.94. The van der Waals surface area contributed by atoms with Crippen LogP contribution in [0.15, 0.2) is 28.9 Å². The van der Waals surface area contributed by atoms with Gasteiger partial charge in [0.25, 0.3) is 11.8 Å². The summed E-state index contributed by atoms with van der Waals surface area (Å²) >= 11 is 1.36. The van der Waals surface area contributed by atoms with Gasteiger partial charge in [-0.3, -0.25) is 9.59 Å². The van der Waals surface area contributed by atoms with Gasteiger partial charge in [-0.05, 0) is 49.5 Å². The Balaban J connectivity index is 1.59. The van der Waals surface area contributed by atoms with Crippen LogP contribution in [0.25, 0.3) is 6.08 Å². The number of anilines is 1. The van der Waals surface area contributed by atoms with Gasteiger partial charge in [0.1, 0.15) is 10.8 Å². The summed E-state index contributed by atoms with van der Waals surface area (Å²) in [5.41, 5.74) is 6.79. The third-order valence-corrected chi connectivity index (χ3v) is 5.15. The van der Waals surface area contributed by atoms with Gasteiger partial charge >= 0.3 is 5.97 Å². The molecular weight excluding hydrogens is 356 g/mol. The zero-order valence-electron chi connectivity index (χ0n) is 13.9. The number of rotatable bonds is 6. The van der Waals surface area contributed by atoms with Crippen molar-refractivity contribution in [2.45, 2.75) is 25.7 Å². The van der Waals surface area contributed by atoms with Gasteiger partial charge in [0.2, 0.25) is 0 Å². The summed E-state index contributed by atoms with van der Waals surface area (Å²) in [5.74, 6) is -1.25. The Bertz CT molecular complexity index is 851. The predicted molar refractivity (Wildman–Crippen MR) is 96.8 cm³/mol. The van der Waals surface area contributed by atoms with Crippen LogP contribution in [0.4, 0.5) is 5.00 Å². The summed E-state index contributed by atoms with van der Waals surface area (Å²) in [5, 5.41) is 3.06. The van der Waals surface area contributed by atoms with Gasteiger partial charge in [0, 0.05) is 11.0 Å². The van der Waals surface area contributed by atoms with Crippen molar-refractivity contribution in [2.75, 3.05) is 11.9 Å². The van der Waals surface area contributed by atoms with E-state index in [2.05, 4.69) is 5.32 Å². The maximum absolute atomic E-state index is 12.1. The average Bonchev–Trinajstić information content (AvgIpc) is 3.25. The topological polar surface area (TPSA) is 112 Å². The number of amides is 2. The number of hydrogen-bond donors (Lipinski definition) is 2. The van der Waals surface area contributed by atoms with Crippen molar-refractivity contribution in [1.82, 2.24) is 0 Å². The summed E-state index contributed by atoms with van der Waals surface area (Å²) in [6, 6.07) is 3.37. The lowest BCUT2D eigenvalue weighted by molar-refractivity contribution is -0.142. The molecule has 8 heteroatoms. The van der Waals surface area contributed by atoms with Crippen LogP contribution in [0, 0.1) is 0 Å². The van der Waals surface area contributed by atoms with Crippen molar-refractivity contribution in [1.29, 1.82) is 0 Å². The van der Waals surface area contributed by atoms with Crippen LogP contribution in [-0.4, -0.2) is 24.4 Å². The number of thiophene rings is 1. The fourth-order valence-electron chi connectivity index (χ4n) is 2.80. The van der Waals surface area contributed by atoms with E-state index in [0.717, 1.165) is 36.1 Å². The maximum atomic E-state index is 12.1. The molecule has 0 saturated heterocycles. The van der Waals surface area contributed by atoms with E-state index in [1.807, 2.05) is 0 Å². The molecule has 1 aliphatic rings. The van der Waals surface area contributed by atoms with Gasteiger partial charge in [-0.15, -0.1) is 11.3 Å². The second-order valence-electron chi connectivity index (χ2n) is 5.78. The Labute approximate surface area is 153 Å². The Morgan fingerprint density at radius 3 is 2.85 bits per heavy atom. The smallest absolute Gasteiger partial charge is 0.331 e. The summed E-state index contributed by atoms with van der Waals surface area (Å²) in [6.45, 7) is -0.456. The highest BCUT2D eigenvalue weighted by Crippen LogP contribution is 2.37. The van der Waals surface area contributed by atoms with Crippen LogP contribution in [0.1, 0.15) is 39.4 Å². The first kappa shape index (κ1) is 17.9. The lowest BCUT2D eigenvalue weighted by Crippen LogP contribution is -2.22. The highest BCUT2D eigenvalue weighted by Gasteiger charge is 2.25. The van der Waals surface area contributed by atoms with Crippen molar-refractivity contribution < 1.29 is 23.5 Å². The van der Waals surface area contributed by atoms with Crippen molar-refractivity contribution >= 4 is 40.2 Å². The third kappa shape index (κ3) is 4.20. The summed E-state index contributed by atoms with van der Waals surface area (Å²) in [6.07, 6.45) is 7.81. The molecule has 0 aromatic carbocycles. The molecule has 136 valence electrons. The van der Waals surface area contributed by atoms with Crippen molar-refractivity contribution in [3.63, 3.8) is 0 Å². The summed E-state index contributed by atoms with van der Waals surface area (Å²) in [7, 11) is 0. The number of nitrogens with one attached hydrogen (secondary N) is 1. The van der Waals surface area contributed by atoms with Gasteiger partial charge < -0.3 is 20.2 Å². The predicted octanol–water partition coefficient (Wildman–Crippen LogP) is 2.51. The second kappa shape index (κ2) is 8.01. The first-order valence-electron chi connectivity index (χ1n) is 8.17. The molecule has 0 aliphatic heterocycles. The molecule has 0 saturated carbocycles. The fourth-order valence-corrected chi connectivity index (χ4v) is 4.11. The zero-order valence-corrected chi connectivity index (χ0v) is 14.8. The minimum atomic E-state index is -0.669. The first-order chi connectivity index (χ1) is 12.5. The first-order valence-corrected chi connectivity index (χ1v) is 8.99. The number of carbonyl (C=O) groups excluding carboxylic acids is 3. The van der Waals surface area contributed by atoms with Gasteiger partial charge in [-0.1, -0.05) is 0 Å². The van der Waals surface area contributed by atoms with Crippen LogP contribution in [0.2, 0.25) is 0 Å². The van der Waals surface area contributed by atoms with Crippen LogP contribution in [-0.2, 0) is 27.2 Å². The molecule has 3 rings (SSSR count). The lowest BCUT2D eigenvalue weighted by Gasteiger charge is -2.11. The number of furan rings is 1. The normalized spacial score (nSPS) is 13.4. The number of hydrogen-bond acceptors (Lipinski definition) is 6. The van der Waals surface area contributed by atoms with E-state index in [0.29, 0.717) is 16.3 Å². The van der Waals surface area contributed by atoms with Gasteiger partial charge in [-0.2, -0.15) is 0 Å². The molecule has 7 nitrogen and oxygen atoms in total. The van der Waals surface area contributed by atoms with Crippen LogP contribution >= 0.6 is 11.3 Å². The minimum Gasteiger partial charge on any atom is -0.465 e. The molecule has 0 fully saturated rings. The van der Waals surface area contributed by atoms with E-state index >= 15 is 0 Å². The van der Waals surface area contributed by atoms with E-state index < -0.39 is 24.4 Å². The Morgan fingerprint density at radius 1 is 1.31 bits per heavy atom. The second-order valence-corrected chi connectivity index (χ2v) is 6.89. The Hall–Kier alpha value is -2.87. The Morgan fingerprint density at radius 2 is 2.12 bits per heavy atom. The summed E-state index contributed by atoms with van der Waals surface area (Å²) in [4.78, 5) is 36.5. The van der Waals surface area contributed by atoms with Gasteiger partial charge in [0.15, 0.2) is 6.61 Å². The number of aryl methyl sites for hydroxylation is 1. The number of nitrogens with two attached hydrogens (primary N) is 1. The number of carbonyl (C=O) groups is 3. The SMILES string of the molecule is NC(=O)c1c(NC(=O)COC(=O)/C=C/c2ccco2)sc2c1CCCC2. The van der Waals surface area contributed by atoms with Gasteiger partial charge in [0.05, 0.1) is 11.8 Å². The molecule has 2 heterocycles. The highest BCUT2D eigenvalue weighted by molar-refractivity contribution is 7.17. The Kier molecular flexibility index (Phi) is 5.52. The van der Waals surface area contributed by atoms with E-state index in [1.54, 1.807) is 12.1 Å². The summed E-state index contributed by atoms with van der Waals surface area (Å²) < 4.78 is 9.93. The molecule has 0 atom stereocenters. The monoisotopic (exact) mass is 374 g/mol. The van der Waals surface area contributed by atoms with Crippen molar-refractivity contribution in [2.24, 2.45) is 5.73 Å². The van der Waals surface area contributed by atoms with E-state index in [4.69, 9.17) is 14.9 Å². The number of fused-ring (bicyclic) bond motifs is 1. The van der Waals surface area contributed by atoms with Gasteiger partial charge in [-0.25, -0.2) is 4.79 Å². The number of esters is 1. The standard InChI is InChI=1S/C18H18N2O5S/c19-17(23)16-12-5-1-2-6-13(12)26-18(16)20-14(21)10-25-15(22)8-7-11-4-3-9-24-11/h3-4,7-9H,1-2,5-6,10H2,(H2,19,23)(H,20,21)/b8-7+. The van der Waals surface area contributed by atoms with Crippen molar-refractivity contribution in [3.8, 4) is 0 Å². The van der Waals surface area contributed by atoms with Crippen LogP contribution in [0.3, 0.4) is 0 Å². The largest absolute Gasteiger partial charge is 0.465 e. The zero-order chi connectivity index (χ0) is 18.5. The minimum absolute atomic E-state index is 0.377. The molecule has 26 heavy (non-hydrogen) atoms. The molecule has 2 aromatic rings. The van der Waals surface area contributed by atoms with E-state index in [1.165, 1.54) is 29.8 Å². The van der Waals surface area contributed by atoms with Crippen molar-refractivity contribution in [3.05, 3.63) is 46.2 Å². The molecule has 2 aromatic heterocycles. The van der Waals surface area contributed by atoms with Crippen LogP contribution in [0.5, 0.6) is 0 Å². The van der Waals surface area contributed by atoms with E-state index in [-0.39, 0.29) is 0 Å². The highest BCUT2D eigenvalue weighted by atomic mass is 32.1. The maximum Gasteiger partial charge on any atom is 0.331 e. The fraction of sp³-hybridized carbons (Fsp3) is 0.278. The van der Waals surface area contributed by atoms with Crippen LogP contribution < -0.4 is 11.1 Å². The molecule has 1 aliphatic carbocycles. The molecule has 0 unspecified atom stereocenters. The molecule has 0 radical (unpaired) electrons. The molecule has 3 N–H and O–H groups in total. The average molecular weight is 374 g/mol. The lowest BCUT2D eigenvalue weighted by atomic mass is 9.95. The number of primary amides is 1. The molecule has 0 spiro atoms. The molecular formula is C18H18N2O5S. The molecule has 2 amide bonds.